The molecule has 3 atom stereocenters. The molecule has 4 N–H and O–H groups in total. The van der Waals surface area contributed by atoms with Crippen molar-refractivity contribution in [3.05, 3.63) is 103 Å². The van der Waals surface area contributed by atoms with Gasteiger partial charge in [-0.15, -0.1) is 0 Å². The lowest BCUT2D eigenvalue weighted by Gasteiger charge is -2.21. The number of anilines is 3. The summed E-state index contributed by atoms with van der Waals surface area (Å²) >= 11 is 0. The smallest absolute Gasteiger partial charge is 0.407 e. The number of imidazole rings is 1. The van der Waals surface area contributed by atoms with Gasteiger partial charge in [-0.3, -0.25) is 9.78 Å². The quantitative estimate of drug-likeness (QED) is 0.141. The highest BCUT2D eigenvalue weighted by atomic mass is 16.5. The van der Waals surface area contributed by atoms with Crippen LogP contribution in [0.1, 0.15) is 48.8 Å². The first-order valence-corrected chi connectivity index (χ1v) is 17.0. The Balaban J connectivity index is 0.000000419. The number of likely N-dealkylation sites (N-methyl/N-ethyl adjacent to an activating group) is 1. The van der Waals surface area contributed by atoms with Crippen LogP contribution in [-0.2, 0) is 9.53 Å². The fourth-order valence-corrected chi connectivity index (χ4v) is 6.70. The maximum Gasteiger partial charge on any atom is 0.407 e. The van der Waals surface area contributed by atoms with Crippen LogP contribution in [0, 0.1) is 0 Å². The minimum absolute atomic E-state index is 0.0660. The first-order valence-electron chi connectivity index (χ1n) is 17.0. The molecule has 13 heteroatoms. The predicted octanol–water partition coefficient (Wildman–Crippen LogP) is 4.97. The third kappa shape index (κ3) is 8.35. The fourth-order valence-electron chi connectivity index (χ4n) is 6.70. The second kappa shape index (κ2) is 16.7. The summed E-state index contributed by atoms with van der Waals surface area (Å²) in [5.41, 5.74) is 4.79. The van der Waals surface area contributed by atoms with Crippen LogP contribution >= 0.6 is 0 Å². The van der Waals surface area contributed by atoms with Crippen molar-refractivity contribution in [1.29, 1.82) is 0 Å². The first kappa shape index (κ1) is 34.3. The molecule has 1 aliphatic heterocycles. The Morgan fingerprint density at radius 3 is 2.38 bits per heavy atom. The van der Waals surface area contributed by atoms with Crippen LogP contribution < -0.4 is 26.2 Å². The van der Waals surface area contributed by atoms with Crippen LogP contribution in [0.4, 0.5) is 22.2 Å². The first-order chi connectivity index (χ1) is 24.6. The summed E-state index contributed by atoms with van der Waals surface area (Å²) in [5.74, 6) is 1.61. The van der Waals surface area contributed by atoms with Gasteiger partial charge >= 0.3 is 6.09 Å². The van der Waals surface area contributed by atoms with E-state index in [0.29, 0.717) is 24.7 Å². The van der Waals surface area contributed by atoms with E-state index in [9.17, 15) is 9.59 Å². The van der Waals surface area contributed by atoms with Gasteiger partial charge in [-0.1, -0.05) is 60.7 Å². The molecule has 2 amide bonds. The summed E-state index contributed by atoms with van der Waals surface area (Å²) in [6.07, 6.45) is 9.01. The van der Waals surface area contributed by atoms with Crippen LogP contribution in [0.5, 0.6) is 0 Å². The molecule has 2 aromatic carbocycles. The van der Waals surface area contributed by atoms with Gasteiger partial charge in [-0.2, -0.15) is 9.97 Å². The standard InChI is InChI=1S/C31H38N8O2.C6H6N2O/c1-32-24-15-16-38(19-24)30-36-28(33-18-26(21-9-5-3-6-10-21)22-11-7-4-8-12-22)27-29(37-30)39(20-34-27)25-14-13-23(17-25)35-31(40)41-2;9-5-8-6-2-1-3-7-4-6/h3-12,20,23-26,32H,13-19H2,1-2H3,(H,35,40)(H,33,36,37);1-5H,(H,8,9). The zero-order valence-electron chi connectivity index (χ0n) is 28.4. The van der Waals surface area contributed by atoms with Crippen molar-refractivity contribution >= 4 is 41.1 Å². The number of nitrogens with zero attached hydrogens (tertiary/aromatic N) is 6. The molecule has 1 saturated carbocycles. The maximum atomic E-state index is 11.8. The maximum absolute atomic E-state index is 11.8. The monoisotopic (exact) mass is 676 g/mol. The van der Waals surface area contributed by atoms with Gasteiger partial charge < -0.3 is 35.5 Å². The molecule has 7 rings (SSSR count). The molecular formula is C37H44N10O3. The second-order valence-corrected chi connectivity index (χ2v) is 12.5. The zero-order chi connectivity index (χ0) is 34.7. The summed E-state index contributed by atoms with van der Waals surface area (Å²) in [6.45, 7) is 2.43. The van der Waals surface area contributed by atoms with Crippen molar-refractivity contribution in [1.82, 2.24) is 35.1 Å². The van der Waals surface area contributed by atoms with Crippen molar-refractivity contribution in [3.63, 3.8) is 0 Å². The van der Waals surface area contributed by atoms with Gasteiger partial charge in [0.2, 0.25) is 12.4 Å². The predicted molar refractivity (Wildman–Crippen MR) is 194 cm³/mol. The van der Waals surface area contributed by atoms with Crippen LogP contribution in [0.3, 0.4) is 0 Å². The van der Waals surface area contributed by atoms with E-state index in [-0.39, 0.29) is 24.1 Å². The highest BCUT2D eigenvalue weighted by Crippen LogP contribution is 2.35. The molecule has 0 spiro atoms. The molecule has 4 heterocycles. The Morgan fingerprint density at radius 1 is 0.980 bits per heavy atom. The van der Waals surface area contributed by atoms with E-state index < -0.39 is 0 Å². The normalized spacial score (nSPS) is 18.4. The molecule has 50 heavy (non-hydrogen) atoms. The summed E-state index contributed by atoms with van der Waals surface area (Å²) < 4.78 is 6.98. The van der Waals surface area contributed by atoms with Gasteiger partial charge in [0.1, 0.15) is 0 Å². The summed E-state index contributed by atoms with van der Waals surface area (Å²) in [5, 5.41) is 12.5. The number of amides is 2. The molecule has 0 bridgehead atoms. The minimum Gasteiger partial charge on any atom is -0.453 e. The number of nitrogens with one attached hydrogen (secondary N) is 4. The van der Waals surface area contributed by atoms with Gasteiger partial charge in [-0.05, 0) is 56.0 Å². The Bertz CT molecular complexity index is 1780. The molecule has 5 aromatic rings. The molecule has 1 aliphatic carbocycles. The highest BCUT2D eigenvalue weighted by molar-refractivity contribution is 5.84. The van der Waals surface area contributed by atoms with Gasteiger partial charge in [0.15, 0.2) is 17.0 Å². The number of ether oxygens (including phenoxy) is 1. The summed E-state index contributed by atoms with van der Waals surface area (Å²) in [6, 6.07) is 25.3. The van der Waals surface area contributed by atoms with Crippen LogP contribution in [0.25, 0.3) is 11.2 Å². The van der Waals surface area contributed by atoms with Crippen molar-refractivity contribution in [3.8, 4) is 0 Å². The average Bonchev–Trinajstić information content (AvgIpc) is 3.94. The van der Waals surface area contributed by atoms with Crippen molar-refractivity contribution in [2.75, 3.05) is 49.3 Å². The molecule has 2 fully saturated rings. The number of pyridine rings is 1. The largest absolute Gasteiger partial charge is 0.453 e. The SMILES string of the molecule is CNC1CCN(c2nc(NCC(c3ccccc3)c3ccccc3)c3ncn(C4CCC(NC(=O)OC)C4)c3n2)C1.O=CNc1cccnc1. The minimum atomic E-state index is -0.387. The molecule has 3 aromatic heterocycles. The molecule has 3 unspecified atom stereocenters. The summed E-state index contributed by atoms with van der Waals surface area (Å²) in [7, 11) is 3.40. The lowest BCUT2D eigenvalue weighted by atomic mass is 9.91. The number of carbonyl (C=O) groups is 2. The molecule has 2 aliphatic rings. The number of fused-ring (bicyclic) bond motifs is 1. The number of aromatic nitrogens is 5. The van der Waals surface area contributed by atoms with E-state index in [1.165, 1.54) is 18.2 Å². The second-order valence-electron chi connectivity index (χ2n) is 12.5. The van der Waals surface area contributed by atoms with Crippen LogP contribution in [-0.4, -0.2) is 82.9 Å². The number of methoxy groups -OCH3 is 1. The highest BCUT2D eigenvalue weighted by Gasteiger charge is 2.31. The van der Waals surface area contributed by atoms with Gasteiger partial charge in [0.05, 0.1) is 25.3 Å². The van der Waals surface area contributed by atoms with Crippen molar-refractivity contribution in [2.45, 2.75) is 49.7 Å². The third-order valence-corrected chi connectivity index (χ3v) is 9.36. The molecule has 13 nitrogen and oxygen atoms in total. The van der Waals surface area contributed by atoms with E-state index in [0.717, 1.165) is 61.7 Å². The topological polar surface area (TPSA) is 151 Å². The lowest BCUT2D eigenvalue weighted by molar-refractivity contribution is -0.105. The Labute approximate surface area is 291 Å². The van der Waals surface area contributed by atoms with Crippen LogP contribution in [0.15, 0.2) is 91.5 Å². The van der Waals surface area contributed by atoms with Crippen molar-refractivity contribution < 1.29 is 14.3 Å². The number of hydrogen-bond donors (Lipinski definition) is 4. The molecule has 0 radical (unpaired) electrons. The Morgan fingerprint density at radius 2 is 1.74 bits per heavy atom. The summed E-state index contributed by atoms with van der Waals surface area (Å²) in [4.78, 5) is 42.6. The number of hydrogen-bond acceptors (Lipinski definition) is 10. The Kier molecular flexibility index (Phi) is 11.5. The number of carbonyl (C=O) groups excluding carboxylic acids is 2. The Hall–Kier alpha value is -5.56. The number of alkyl carbamates (subject to hydrolysis) is 1. The number of benzene rings is 2. The van der Waals surface area contributed by atoms with E-state index in [1.807, 2.05) is 13.4 Å². The van der Waals surface area contributed by atoms with Gasteiger partial charge in [-0.25, -0.2) is 9.78 Å². The molecule has 1 saturated heterocycles. The lowest BCUT2D eigenvalue weighted by Crippen LogP contribution is -2.32. The molecular weight excluding hydrogens is 632 g/mol. The van der Waals surface area contributed by atoms with Gasteiger partial charge in [0, 0.05) is 49.9 Å². The van der Waals surface area contributed by atoms with E-state index >= 15 is 0 Å². The van der Waals surface area contributed by atoms with E-state index in [4.69, 9.17) is 19.7 Å². The van der Waals surface area contributed by atoms with E-state index in [1.54, 1.807) is 24.5 Å². The molecule has 260 valence electrons. The average molecular weight is 677 g/mol. The fraction of sp³-hybridized carbons (Fsp3) is 0.351. The van der Waals surface area contributed by atoms with Crippen LogP contribution in [0.2, 0.25) is 0 Å². The van der Waals surface area contributed by atoms with E-state index in [2.05, 4.69) is 96.4 Å². The number of rotatable bonds is 11. The zero-order valence-corrected chi connectivity index (χ0v) is 28.4. The third-order valence-electron chi connectivity index (χ3n) is 9.36. The van der Waals surface area contributed by atoms with Crippen molar-refractivity contribution in [2.24, 2.45) is 0 Å². The van der Waals surface area contributed by atoms with Gasteiger partial charge in [0.25, 0.3) is 0 Å².